The summed E-state index contributed by atoms with van der Waals surface area (Å²) in [5.41, 5.74) is 1.97. The standard InChI is InChI=1S/C14H18O3/c1-3-11(2)17-10-13-6-4-12(5-7-13)8-9-14(15)16/h4-9,11H,3,10H2,1-2H3,(H,15,16)/b9-8+. The van der Waals surface area contributed by atoms with Crippen LogP contribution >= 0.6 is 0 Å². The van der Waals surface area contributed by atoms with Crippen LogP contribution in [0.25, 0.3) is 6.08 Å². The Kier molecular flexibility index (Phi) is 5.43. The summed E-state index contributed by atoms with van der Waals surface area (Å²) in [6.07, 6.45) is 3.97. The van der Waals surface area contributed by atoms with E-state index in [0.717, 1.165) is 23.6 Å². The van der Waals surface area contributed by atoms with Crippen LogP contribution in [0.3, 0.4) is 0 Å². The van der Waals surface area contributed by atoms with Crippen LogP contribution in [-0.4, -0.2) is 17.2 Å². The molecule has 0 amide bonds. The lowest BCUT2D eigenvalue weighted by Crippen LogP contribution is -2.05. The van der Waals surface area contributed by atoms with Crippen LogP contribution < -0.4 is 0 Å². The molecule has 0 fully saturated rings. The Labute approximate surface area is 102 Å². The SMILES string of the molecule is CCC(C)OCc1ccc(/C=C/C(=O)O)cc1. The van der Waals surface area contributed by atoms with Gasteiger partial charge >= 0.3 is 5.97 Å². The smallest absolute Gasteiger partial charge is 0.328 e. The van der Waals surface area contributed by atoms with Gasteiger partial charge in [-0.2, -0.15) is 0 Å². The Morgan fingerprint density at radius 3 is 2.59 bits per heavy atom. The molecule has 1 rings (SSSR count). The predicted molar refractivity (Wildman–Crippen MR) is 67.7 cm³/mol. The van der Waals surface area contributed by atoms with E-state index >= 15 is 0 Å². The van der Waals surface area contributed by atoms with Gasteiger partial charge in [0.2, 0.25) is 0 Å². The second-order valence-electron chi connectivity index (χ2n) is 3.94. The van der Waals surface area contributed by atoms with E-state index in [-0.39, 0.29) is 6.10 Å². The van der Waals surface area contributed by atoms with E-state index in [9.17, 15) is 4.79 Å². The Morgan fingerprint density at radius 1 is 1.41 bits per heavy atom. The molecule has 0 spiro atoms. The van der Waals surface area contributed by atoms with Gasteiger partial charge in [0.25, 0.3) is 0 Å². The van der Waals surface area contributed by atoms with Crippen LogP contribution in [0.15, 0.2) is 30.3 Å². The largest absolute Gasteiger partial charge is 0.478 e. The fraction of sp³-hybridized carbons (Fsp3) is 0.357. The van der Waals surface area contributed by atoms with Gasteiger partial charge in [-0.05, 0) is 30.5 Å². The molecule has 0 aliphatic heterocycles. The lowest BCUT2D eigenvalue weighted by Gasteiger charge is -2.10. The van der Waals surface area contributed by atoms with Crippen molar-refractivity contribution in [3.63, 3.8) is 0 Å². The molecule has 92 valence electrons. The number of ether oxygens (including phenoxy) is 1. The van der Waals surface area contributed by atoms with Crippen LogP contribution in [0.1, 0.15) is 31.4 Å². The van der Waals surface area contributed by atoms with E-state index < -0.39 is 5.97 Å². The first-order valence-electron chi connectivity index (χ1n) is 5.73. The molecule has 3 heteroatoms. The van der Waals surface area contributed by atoms with Crippen molar-refractivity contribution >= 4 is 12.0 Å². The van der Waals surface area contributed by atoms with Gasteiger partial charge in [-0.25, -0.2) is 4.79 Å². The van der Waals surface area contributed by atoms with E-state index in [2.05, 4.69) is 6.92 Å². The minimum absolute atomic E-state index is 0.265. The van der Waals surface area contributed by atoms with E-state index in [0.29, 0.717) is 6.61 Å². The summed E-state index contributed by atoms with van der Waals surface area (Å²) in [6, 6.07) is 7.66. The summed E-state index contributed by atoms with van der Waals surface area (Å²) in [5, 5.41) is 8.50. The summed E-state index contributed by atoms with van der Waals surface area (Å²) in [7, 11) is 0. The first kappa shape index (κ1) is 13.5. The van der Waals surface area contributed by atoms with Crippen LogP contribution in [0.2, 0.25) is 0 Å². The molecule has 0 aromatic heterocycles. The number of carboxylic acids is 1. The van der Waals surface area contributed by atoms with Crippen molar-refractivity contribution in [2.45, 2.75) is 33.0 Å². The molecule has 0 radical (unpaired) electrons. The molecule has 0 aliphatic carbocycles. The number of benzene rings is 1. The third-order valence-corrected chi connectivity index (χ3v) is 2.51. The number of aliphatic carboxylic acids is 1. The highest BCUT2D eigenvalue weighted by molar-refractivity contribution is 5.85. The van der Waals surface area contributed by atoms with Gasteiger partial charge in [0.05, 0.1) is 12.7 Å². The minimum Gasteiger partial charge on any atom is -0.478 e. The molecular weight excluding hydrogens is 216 g/mol. The predicted octanol–water partition coefficient (Wildman–Crippen LogP) is 3.10. The van der Waals surface area contributed by atoms with Crippen LogP contribution in [0, 0.1) is 0 Å². The Hall–Kier alpha value is -1.61. The highest BCUT2D eigenvalue weighted by Gasteiger charge is 1.99. The summed E-state index contributed by atoms with van der Waals surface area (Å²) in [4.78, 5) is 10.3. The third kappa shape index (κ3) is 5.31. The number of hydrogen-bond donors (Lipinski definition) is 1. The molecule has 17 heavy (non-hydrogen) atoms. The van der Waals surface area contributed by atoms with Gasteiger partial charge in [0.1, 0.15) is 0 Å². The molecule has 3 nitrogen and oxygen atoms in total. The highest BCUT2D eigenvalue weighted by atomic mass is 16.5. The molecule has 0 aliphatic rings. The van der Waals surface area contributed by atoms with Gasteiger partial charge in [-0.3, -0.25) is 0 Å². The molecule has 1 aromatic rings. The van der Waals surface area contributed by atoms with E-state index in [1.807, 2.05) is 31.2 Å². The average molecular weight is 234 g/mol. The molecule has 1 atom stereocenters. The van der Waals surface area contributed by atoms with Gasteiger partial charge in [0.15, 0.2) is 0 Å². The molecule has 0 saturated carbocycles. The van der Waals surface area contributed by atoms with Crippen LogP contribution in [-0.2, 0) is 16.1 Å². The number of carboxylic acid groups (broad SMARTS) is 1. The maximum Gasteiger partial charge on any atom is 0.328 e. The van der Waals surface area contributed by atoms with Gasteiger partial charge in [-0.15, -0.1) is 0 Å². The number of carbonyl (C=O) groups is 1. The fourth-order valence-corrected chi connectivity index (χ4v) is 1.25. The summed E-state index contributed by atoms with van der Waals surface area (Å²) < 4.78 is 5.60. The second kappa shape index (κ2) is 6.86. The molecule has 1 unspecified atom stereocenters. The zero-order valence-electron chi connectivity index (χ0n) is 10.2. The Balaban J connectivity index is 2.53. The van der Waals surface area contributed by atoms with Gasteiger partial charge < -0.3 is 9.84 Å². The first-order valence-corrected chi connectivity index (χ1v) is 5.73. The topological polar surface area (TPSA) is 46.5 Å². The minimum atomic E-state index is -0.936. The van der Waals surface area contributed by atoms with Crippen molar-refractivity contribution in [2.24, 2.45) is 0 Å². The van der Waals surface area contributed by atoms with Gasteiger partial charge in [-0.1, -0.05) is 31.2 Å². The Bertz CT molecular complexity index is 379. The van der Waals surface area contributed by atoms with Crippen molar-refractivity contribution < 1.29 is 14.6 Å². The van der Waals surface area contributed by atoms with Crippen molar-refractivity contribution in [1.29, 1.82) is 0 Å². The molecule has 1 aromatic carbocycles. The quantitative estimate of drug-likeness (QED) is 0.769. The maximum absolute atomic E-state index is 10.3. The maximum atomic E-state index is 10.3. The summed E-state index contributed by atoms with van der Waals surface area (Å²) in [5.74, 6) is -0.936. The highest BCUT2D eigenvalue weighted by Crippen LogP contribution is 2.09. The van der Waals surface area contributed by atoms with Crippen LogP contribution in [0.4, 0.5) is 0 Å². The lowest BCUT2D eigenvalue weighted by molar-refractivity contribution is -0.131. The monoisotopic (exact) mass is 234 g/mol. The average Bonchev–Trinajstić information content (AvgIpc) is 2.34. The van der Waals surface area contributed by atoms with Gasteiger partial charge in [0, 0.05) is 6.08 Å². The van der Waals surface area contributed by atoms with Crippen molar-refractivity contribution in [2.75, 3.05) is 0 Å². The second-order valence-corrected chi connectivity index (χ2v) is 3.94. The summed E-state index contributed by atoms with van der Waals surface area (Å²) in [6.45, 7) is 4.73. The van der Waals surface area contributed by atoms with Crippen molar-refractivity contribution in [1.82, 2.24) is 0 Å². The third-order valence-electron chi connectivity index (χ3n) is 2.51. The van der Waals surface area contributed by atoms with E-state index in [1.165, 1.54) is 0 Å². The van der Waals surface area contributed by atoms with E-state index in [1.54, 1.807) is 6.08 Å². The molecule has 1 N–H and O–H groups in total. The molecule has 0 heterocycles. The van der Waals surface area contributed by atoms with Crippen molar-refractivity contribution in [3.05, 3.63) is 41.5 Å². The first-order chi connectivity index (χ1) is 8.11. The summed E-state index contributed by atoms with van der Waals surface area (Å²) >= 11 is 0. The fourth-order valence-electron chi connectivity index (χ4n) is 1.25. The molecular formula is C14H18O3. The number of rotatable bonds is 6. The lowest BCUT2D eigenvalue weighted by atomic mass is 10.1. The zero-order chi connectivity index (χ0) is 12.7. The number of hydrogen-bond acceptors (Lipinski definition) is 2. The van der Waals surface area contributed by atoms with E-state index in [4.69, 9.17) is 9.84 Å². The molecule has 0 saturated heterocycles. The van der Waals surface area contributed by atoms with Crippen LogP contribution in [0.5, 0.6) is 0 Å². The normalized spacial score (nSPS) is 12.8. The molecule has 0 bridgehead atoms. The van der Waals surface area contributed by atoms with Crippen molar-refractivity contribution in [3.8, 4) is 0 Å². The Morgan fingerprint density at radius 2 is 2.06 bits per heavy atom. The zero-order valence-corrected chi connectivity index (χ0v) is 10.2.